The van der Waals surface area contributed by atoms with Gasteiger partial charge in [-0.2, -0.15) is 0 Å². The summed E-state index contributed by atoms with van der Waals surface area (Å²) in [5, 5.41) is 14.9. The highest BCUT2D eigenvalue weighted by molar-refractivity contribution is 6.35. The summed E-state index contributed by atoms with van der Waals surface area (Å²) < 4.78 is 0. The van der Waals surface area contributed by atoms with E-state index in [2.05, 4.69) is 10.2 Å². The maximum Gasteiger partial charge on any atom is 0.139 e. The zero-order valence-corrected chi connectivity index (χ0v) is 14.3. The zero-order valence-electron chi connectivity index (χ0n) is 12.8. The number of nitrogens with one attached hydrogen (secondary N) is 1. The zero-order chi connectivity index (χ0) is 15.5. The summed E-state index contributed by atoms with van der Waals surface area (Å²) in [6, 6.07) is 3.75. The number of phenolic OH excluding ortho intramolecular Hbond substituents is 1. The monoisotopic (exact) mass is 342 g/mol. The SMILES string of the molecule is Oc1c(Cl)cc(Cl)cc1[C@@H](C1CCCCC1)N1CCNCC1. The van der Waals surface area contributed by atoms with E-state index in [9.17, 15) is 5.11 Å². The molecular formula is C17H24Cl2N2O. The number of benzene rings is 1. The normalized spacial score (nSPS) is 22.6. The van der Waals surface area contributed by atoms with Crippen LogP contribution >= 0.6 is 23.2 Å². The minimum atomic E-state index is 0.208. The van der Waals surface area contributed by atoms with Crippen LogP contribution < -0.4 is 5.32 Å². The summed E-state index contributed by atoms with van der Waals surface area (Å²) in [7, 11) is 0. The molecule has 22 heavy (non-hydrogen) atoms. The predicted octanol–water partition coefficient (Wildman–Crippen LogP) is 4.23. The summed E-state index contributed by atoms with van der Waals surface area (Å²) in [5.74, 6) is 0.785. The fourth-order valence-electron chi connectivity index (χ4n) is 3.97. The Balaban J connectivity index is 1.96. The molecule has 0 spiro atoms. The lowest BCUT2D eigenvalue weighted by atomic mass is 9.80. The lowest BCUT2D eigenvalue weighted by molar-refractivity contribution is 0.101. The number of nitrogens with zero attached hydrogens (tertiary/aromatic N) is 1. The van der Waals surface area contributed by atoms with Crippen molar-refractivity contribution in [2.24, 2.45) is 5.92 Å². The number of hydrogen-bond acceptors (Lipinski definition) is 3. The molecule has 1 aliphatic heterocycles. The van der Waals surface area contributed by atoms with E-state index in [1.54, 1.807) is 6.07 Å². The Morgan fingerprint density at radius 1 is 1.09 bits per heavy atom. The Hall–Kier alpha value is -0.480. The van der Waals surface area contributed by atoms with Crippen LogP contribution in [0.2, 0.25) is 10.0 Å². The minimum Gasteiger partial charge on any atom is -0.506 e. The van der Waals surface area contributed by atoms with Gasteiger partial charge in [-0.05, 0) is 30.9 Å². The first-order chi connectivity index (χ1) is 10.7. The Bertz CT molecular complexity index is 494. The number of aromatic hydroxyl groups is 1. The smallest absolute Gasteiger partial charge is 0.139 e. The molecule has 122 valence electrons. The lowest BCUT2D eigenvalue weighted by Crippen LogP contribution is -2.47. The maximum atomic E-state index is 10.5. The largest absolute Gasteiger partial charge is 0.506 e. The standard InChI is InChI=1S/C17H24Cl2N2O/c18-13-10-14(17(22)15(19)11-13)16(12-4-2-1-3-5-12)21-8-6-20-7-9-21/h10-12,16,20,22H,1-9H2/t16-/m1/s1. The van der Waals surface area contributed by atoms with Crippen LogP contribution in [0.1, 0.15) is 43.7 Å². The molecule has 0 unspecified atom stereocenters. The summed E-state index contributed by atoms with van der Waals surface area (Å²) in [5.41, 5.74) is 0.909. The van der Waals surface area contributed by atoms with Gasteiger partial charge in [0.15, 0.2) is 0 Å². The molecule has 0 aromatic heterocycles. The van der Waals surface area contributed by atoms with Crippen molar-refractivity contribution in [3.8, 4) is 5.75 Å². The van der Waals surface area contributed by atoms with Crippen LogP contribution in [0.25, 0.3) is 0 Å². The Kier molecular flexibility index (Phi) is 5.50. The maximum absolute atomic E-state index is 10.5. The molecule has 1 aromatic carbocycles. The van der Waals surface area contributed by atoms with Crippen molar-refractivity contribution in [2.45, 2.75) is 38.1 Å². The van der Waals surface area contributed by atoms with Crippen LogP contribution in [0.5, 0.6) is 5.75 Å². The molecule has 5 heteroatoms. The first-order valence-corrected chi connectivity index (χ1v) is 9.05. The van der Waals surface area contributed by atoms with Crippen LogP contribution in [0, 0.1) is 5.92 Å². The molecule has 0 bridgehead atoms. The van der Waals surface area contributed by atoms with E-state index in [1.807, 2.05) is 6.07 Å². The number of rotatable bonds is 3. The topological polar surface area (TPSA) is 35.5 Å². The molecule has 2 N–H and O–H groups in total. The van der Waals surface area contributed by atoms with Crippen molar-refractivity contribution in [3.63, 3.8) is 0 Å². The molecule has 3 nitrogen and oxygen atoms in total. The van der Waals surface area contributed by atoms with E-state index >= 15 is 0 Å². The van der Waals surface area contributed by atoms with Crippen molar-refractivity contribution in [1.82, 2.24) is 10.2 Å². The van der Waals surface area contributed by atoms with Crippen LogP contribution in [-0.2, 0) is 0 Å². The molecule has 1 saturated carbocycles. The average Bonchev–Trinajstić information content (AvgIpc) is 2.54. The lowest BCUT2D eigenvalue weighted by Gasteiger charge is -2.41. The van der Waals surface area contributed by atoms with Gasteiger partial charge in [0.25, 0.3) is 0 Å². The first-order valence-electron chi connectivity index (χ1n) is 8.29. The van der Waals surface area contributed by atoms with Crippen molar-refractivity contribution >= 4 is 23.2 Å². The molecule has 1 aromatic rings. The van der Waals surface area contributed by atoms with Gasteiger partial charge >= 0.3 is 0 Å². The second-order valence-corrected chi connectivity index (χ2v) is 7.30. The molecule has 1 aliphatic carbocycles. The molecule has 3 rings (SSSR count). The van der Waals surface area contributed by atoms with E-state index in [1.165, 1.54) is 32.1 Å². The van der Waals surface area contributed by atoms with Gasteiger partial charge in [0.05, 0.1) is 5.02 Å². The van der Waals surface area contributed by atoms with Crippen LogP contribution in [0.15, 0.2) is 12.1 Å². The summed E-state index contributed by atoms with van der Waals surface area (Å²) in [6.45, 7) is 4.01. The number of piperazine rings is 1. The van der Waals surface area contributed by atoms with Gasteiger partial charge in [0.1, 0.15) is 5.75 Å². The molecule has 2 fully saturated rings. The molecular weight excluding hydrogens is 319 g/mol. The van der Waals surface area contributed by atoms with Crippen molar-refractivity contribution in [1.29, 1.82) is 0 Å². The Morgan fingerprint density at radius 3 is 2.45 bits per heavy atom. The van der Waals surface area contributed by atoms with Crippen LogP contribution in [-0.4, -0.2) is 36.2 Å². The van der Waals surface area contributed by atoms with Crippen LogP contribution in [0.4, 0.5) is 0 Å². The van der Waals surface area contributed by atoms with E-state index < -0.39 is 0 Å². The highest BCUT2D eigenvalue weighted by Crippen LogP contribution is 2.44. The van der Waals surface area contributed by atoms with Gasteiger partial charge in [-0.3, -0.25) is 4.90 Å². The highest BCUT2D eigenvalue weighted by atomic mass is 35.5. The van der Waals surface area contributed by atoms with Crippen molar-refractivity contribution < 1.29 is 5.11 Å². The quantitative estimate of drug-likeness (QED) is 0.862. The Labute approximate surface area is 142 Å². The second kappa shape index (κ2) is 7.39. The van der Waals surface area contributed by atoms with Crippen molar-refractivity contribution in [3.05, 3.63) is 27.7 Å². The van der Waals surface area contributed by atoms with Gasteiger partial charge in [0.2, 0.25) is 0 Å². The first kappa shape index (κ1) is 16.4. The highest BCUT2D eigenvalue weighted by Gasteiger charge is 2.33. The molecule has 0 amide bonds. The molecule has 0 radical (unpaired) electrons. The van der Waals surface area contributed by atoms with E-state index in [4.69, 9.17) is 23.2 Å². The summed E-state index contributed by atoms with van der Waals surface area (Å²) in [4.78, 5) is 2.49. The third kappa shape index (κ3) is 3.53. The summed E-state index contributed by atoms with van der Waals surface area (Å²) >= 11 is 12.4. The third-order valence-corrected chi connectivity index (χ3v) is 5.52. The van der Waals surface area contributed by atoms with E-state index in [-0.39, 0.29) is 11.8 Å². The number of halogens is 2. The Morgan fingerprint density at radius 2 is 1.77 bits per heavy atom. The van der Waals surface area contributed by atoms with E-state index in [0.29, 0.717) is 16.0 Å². The van der Waals surface area contributed by atoms with Gasteiger partial charge in [-0.15, -0.1) is 0 Å². The molecule has 2 aliphatic rings. The van der Waals surface area contributed by atoms with Gasteiger partial charge in [-0.25, -0.2) is 0 Å². The second-order valence-electron chi connectivity index (χ2n) is 6.45. The van der Waals surface area contributed by atoms with E-state index in [0.717, 1.165) is 31.7 Å². The van der Waals surface area contributed by atoms with Gasteiger partial charge in [-0.1, -0.05) is 42.5 Å². The van der Waals surface area contributed by atoms with Crippen LogP contribution in [0.3, 0.4) is 0 Å². The molecule has 1 saturated heterocycles. The third-order valence-electron chi connectivity index (χ3n) is 5.02. The van der Waals surface area contributed by atoms with Gasteiger partial charge in [0, 0.05) is 42.8 Å². The summed E-state index contributed by atoms with van der Waals surface area (Å²) in [6.07, 6.45) is 6.33. The fourth-order valence-corrected chi connectivity index (χ4v) is 4.48. The molecule has 1 atom stereocenters. The minimum absolute atomic E-state index is 0.208. The fraction of sp³-hybridized carbons (Fsp3) is 0.647. The van der Waals surface area contributed by atoms with Gasteiger partial charge < -0.3 is 10.4 Å². The number of phenols is 1. The predicted molar refractivity (Wildman–Crippen MR) is 91.9 cm³/mol. The average molecular weight is 343 g/mol. The molecule has 1 heterocycles. The number of hydrogen-bond donors (Lipinski definition) is 2. The van der Waals surface area contributed by atoms with Crippen molar-refractivity contribution in [2.75, 3.05) is 26.2 Å².